The SMILES string of the molecule is O=C(c1c(O)cc(Cl)cc1Cl)N1CCC2(COC2)C1. The third kappa shape index (κ3) is 2.18. The summed E-state index contributed by atoms with van der Waals surface area (Å²) < 4.78 is 5.23. The largest absolute Gasteiger partial charge is 0.507 e. The number of nitrogens with zero attached hydrogens (tertiary/aromatic N) is 1. The third-order valence-corrected chi connectivity index (χ3v) is 4.31. The van der Waals surface area contributed by atoms with Crippen LogP contribution in [0.15, 0.2) is 12.1 Å². The minimum atomic E-state index is -0.247. The molecule has 19 heavy (non-hydrogen) atoms. The maximum Gasteiger partial charge on any atom is 0.259 e. The molecule has 2 aliphatic rings. The Bertz CT molecular complexity index is 520. The highest BCUT2D eigenvalue weighted by Gasteiger charge is 2.46. The highest BCUT2D eigenvalue weighted by molar-refractivity contribution is 6.37. The average molecular weight is 302 g/mol. The lowest BCUT2D eigenvalue weighted by atomic mass is 9.85. The topological polar surface area (TPSA) is 49.8 Å². The molecule has 2 aliphatic heterocycles. The first-order valence-corrected chi connectivity index (χ1v) is 6.81. The maximum absolute atomic E-state index is 12.4. The van der Waals surface area contributed by atoms with E-state index < -0.39 is 0 Å². The van der Waals surface area contributed by atoms with E-state index in [2.05, 4.69) is 0 Å². The Labute approximate surface area is 120 Å². The molecule has 0 aliphatic carbocycles. The van der Waals surface area contributed by atoms with Gasteiger partial charge in [0.1, 0.15) is 5.75 Å². The molecule has 0 radical (unpaired) electrons. The third-order valence-electron chi connectivity index (χ3n) is 3.79. The monoisotopic (exact) mass is 301 g/mol. The van der Waals surface area contributed by atoms with E-state index in [1.165, 1.54) is 12.1 Å². The first kappa shape index (κ1) is 13.0. The molecule has 0 atom stereocenters. The molecule has 0 unspecified atom stereocenters. The van der Waals surface area contributed by atoms with E-state index in [4.69, 9.17) is 27.9 Å². The van der Waals surface area contributed by atoms with E-state index in [0.717, 1.165) is 6.42 Å². The van der Waals surface area contributed by atoms with Crippen molar-refractivity contribution < 1.29 is 14.6 Å². The van der Waals surface area contributed by atoms with Crippen LogP contribution < -0.4 is 0 Å². The van der Waals surface area contributed by atoms with Gasteiger partial charge < -0.3 is 14.7 Å². The molecule has 6 heteroatoms. The lowest BCUT2D eigenvalue weighted by Crippen LogP contribution is -2.45. The quantitative estimate of drug-likeness (QED) is 0.867. The van der Waals surface area contributed by atoms with Gasteiger partial charge in [0.25, 0.3) is 5.91 Å². The summed E-state index contributed by atoms with van der Waals surface area (Å²) in [4.78, 5) is 14.1. The Morgan fingerprint density at radius 2 is 2.11 bits per heavy atom. The molecule has 2 fully saturated rings. The van der Waals surface area contributed by atoms with Crippen LogP contribution in [0.1, 0.15) is 16.8 Å². The van der Waals surface area contributed by atoms with Crippen LogP contribution >= 0.6 is 23.2 Å². The van der Waals surface area contributed by atoms with Crippen LogP contribution in [0.25, 0.3) is 0 Å². The van der Waals surface area contributed by atoms with Crippen molar-refractivity contribution in [3.05, 3.63) is 27.7 Å². The highest BCUT2D eigenvalue weighted by atomic mass is 35.5. The van der Waals surface area contributed by atoms with Gasteiger partial charge in [-0.3, -0.25) is 4.79 Å². The minimum Gasteiger partial charge on any atom is -0.507 e. The number of rotatable bonds is 1. The Balaban J connectivity index is 1.85. The molecular weight excluding hydrogens is 289 g/mol. The predicted molar refractivity (Wildman–Crippen MR) is 71.9 cm³/mol. The number of halogens is 2. The number of hydrogen-bond acceptors (Lipinski definition) is 3. The smallest absolute Gasteiger partial charge is 0.259 e. The number of benzene rings is 1. The molecule has 0 bridgehead atoms. The number of carbonyl (C=O) groups is 1. The van der Waals surface area contributed by atoms with Crippen molar-refractivity contribution in [3.8, 4) is 5.75 Å². The van der Waals surface area contributed by atoms with Gasteiger partial charge in [-0.25, -0.2) is 0 Å². The number of amides is 1. The molecule has 2 saturated heterocycles. The lowest BCUT2D eigenvalue weighted by molar-refractivity contribution is -0.103. The van der Waals surface area contributed by atoms with Crippen molar-refractivity contribution in [2.75, 3.05) is 26.3 Å². The molecule has 1 aromatic carbocycles. The summed E-state index contributed by atoms with van der Waals surface area (Å²) in [6.45, 7) is 2.74. The summed E-state index contributed by atoms with van der Waals surface area (Å²) in [5.74, 6) is -0.420. The van der Waals surface area contributed by atoms with Crippen LogP contribution in [0.5, 0.6) is 5.75 Å². The van der Waals surface area contributed by atoms with Crippen LogP contribution in [0.4, 0.5) is 0 Å². The van der Waals surface area contributed by atoms with Crippen LogP contribution in [-0.4, -0.2) is 42.2 Å². The number of aromatic hydroxyl groups is 1. The summed E-state index contributed by atoms with van der Waals surface area (Å²) >= 11 is 11.8. The first-order chi connectivity index (χ1) is 9.01. The Kier molecular flexibility index (Phi) is 3.12. The lowest BCUT2D eigenvalue weighted by Gasteiger charge is -2.37. The molecule has 1 aromatic rings. The average Bonchev–Trinajstić information content (AvgIpc) is 2.71. The van der Waals surface area contributed by atoms with E-state index in [1.54, 1.807) is 4.90 Å². The number of carbonyl (C=O) groups excluding carboxylic acids is 1. The summed E-state index contributed by atoms with van der Waals surface area (Å²) in [6.07, 6.45) is 0.935. The van der Waals surface area contributed by atoms with Crippen LogP contribution in [0.3, 0.4) is 0 Å². The molecule has 1 N–H and O–H groups in total. The van der Waals surface area contributed by atoms with Gasteiger partial charge in [-0.1, -0.05) is 23.2 Å². The molecule has 1 amide bonds. The zero-order valence-corrected chi connectivity index (χ0v) is 11.7. The molecule has 3 rings (SSSR count). The fourth-order valence-corrected chi connectivity index (χ4v) is 3.23. The Morgan fingerprint density at radius 1 is 1.37 bits per heavy atom. The fraction of sp³-hybridized carbons (Fsp3) is 0.462. The summed E-state index contributed by atoms with van der Waals surface area (Å²) in [7, 11) is 0. The number of hydrogen-bond donors (Lipinski definition) is 1. The van der Waals surface area contributed by atoms with Crippen LogP contribution in [0, 0.1) is 5.41 Å². The first-order valence-electron chi connectivity index (χ1n) is 6.06. The van der Waals surface area contributed by atoms with Crippen molar-refractivity contribution in [1.82, 2.24) is 4.90 Å². The highest BCUT2D eigenvalue weighted by Crippen LogP contribution is 2.39. The maximum atomic E-state index is 12.4. The summed E-state index contributed by atoms with van der Waals surface area (Å²) in [6, 6.07) is 2.80. The molecule has 0 saturated carbocycles. The standard InChI is InChI=1S/C13H13Cl2NO3/c14-8-3-9(15)11(10(17)4-8)12(18)16-2-1-13(5-16)6-19-7-13/h3-4,17H,1-2,5-7H2. The molecule has 102 valence electrons. The molecule has 4 nitrogen and oxygen atoms in total. The second kappa shape index (κ2) is 4.54. The van der Waals surface area contributed by atoms with Gasteiger partial charge in [-0.2, -0.15) is 0 Å². The summed E-state index contributed by atoms with van der Waals surface area (Å²) in [5, 5.41) is 10.4. The number of ether oxygens (including phenoxy) is 1. The van der Waals surface area contributed by atoms with Crippen LogP contribution in [0.2, 0.25) is 10.0 Å². The second-order valence-corrected chi connectivity index (χ2v) is 6.09. The van der Waals surface area contributed by atoms with Gasteiger partial charge in [0.05, 0.1) is 23.8 Å². The number of phenolic OH excluding ortho intramolecular Hbond substituents is 1. The van der Waals surface area contributed by atoms with Crippen molar-refractivity contribution in [1.29, 1.82) is 0 Å². The van der Waals surface area contributed by atoms with Crippen LogP contribution in [-0.2, 0) is 4.74 Å². The minimum absolute atomic E-state index is 0.115. The van der Waals surface area contributed by atoms with Gasteiger partial charge in [0.15, 0.2) is 0 Å². The van der Waals surface area contributed by atoms with E-state index in [0.29, 0.717) is 31.3 Å². The zero-order valence-electron chi connectivity index (χ0n) is 10.2. The normalized spacial score (nSPS) is 20.6. The molecular formula is C13H13Cl2NO3. The van der Waals surface area contributed by atoms with Crippen molar-refractivity contribution >= 4 is 29.1 Å². The Morgan fingerprint density at radius 3 is 2.63 bits per heavy atom. The van der Waals surface area contributed by atoms with Gasteiger partial charge >= 0.3 is 0 Å². The second-order valence-electron chi connectivity index (χ2n) is 5.25. The fourth-order valence-electron chi connectivity index (χ4n) is 2.66. The van der Waals surface area contributed by atoms with E-state index in [9.17, 15) is 9.90 Å². The summed E-state index contributed by atoms with van der Waals surface area (Å²) in [5.41, 5.74) is 0.243. The van der Waals surface area contributed by atoms with Crippen molar-refractivity contribution in [3.63, 3.8) is 0 Å². The molecule has 1 spiro atoms. The molecule has 2 heterocycles. The van der Waals surface area contributed by atoms with Gasteiger partial charge in [0.2, 0.25) is 0 Å². The van der Waals surface area contributed by atoms with Crippen molar-refractivity contribution in [2.24, 2.45) is 5.41 Å². The van der Waals surface area contributed by atoms with E-state index >= 15 is 0 Å². The van der Waals surface area contributed by atoms with Gasteiger partial charge in [-0.05, 0) is 18.6 Å². The Hall–Kier alpha value is -0.970. The van der Waals surface area contributed by atoms with E-state index in [-0.39, 0.29) is 27.7 Å². The number of likely N-dealkylation sites (tertiary alicyclic amines) is 1. The van der Waals surface area contributed by atoms with Crippen molar-refractivity contribution in [2.45, 2.75) is 6.42 Å². The van der Waals surface area contributed by atoms with Gasteiger partial charge in [-0.15, -0.1) is 0 Å². The molecule has 0 aromatic heterocycles. The zero-order chi connectivity index (χ0) is 13.6. The van der Waals surface area contributed by atoms with E-state index in [1.807, 2.05) is 0 Å². The van der Waals surface area contributed by atoms with Gasteiger partial charge in [0, 0.05) is 23.5 Å². The number of phenols is 1. The predicted octanol–water partition coefficient (Wildman–Crippen LogP) is 2.56.